The number of benzene rings is 1. The van der Waals surface area contributed by atoms with Crippen molar-refractivity contribution in [3.63, 3.8) is 0 Å². The minimum atomic E-state index is -0.0361. The van der Waals surface area contributed by atoms with Crippen LogP contribution >= 0.6 is 38.5 Å². The first kappa shape index (κ1) is 15.3. The molecule has 1 aromatic rings. The largest absolute Gasteiger partial charge is 0.284 e. The number of halogens is 2. The maximum atomic E-state index is 12.4. The summed E-state index contributed by atoms with van der Waals surface area (Å²) in [4.78, 5) is 12.4. The number of hydrogen-bond acceptors (Lipinski definition) is 2. The van der Waals surface area contributed by atoms with Crippen LogP contribution < -0.4 is 5.43 Å². The van der Waals surface area contributed by atoms with E-state index >= 15 is 0 Å². The van der Waals surface area contributed by atoms with Gasteiger partial charge < -0.3 is 0 Å². The van der Waals surface area contributed by atoms with Crippen LogP contribution in [-0.2, 0) is 0 Å². The van der Waals surface area contributed by atoms with E-state index in [1.165, 1.54) is 6.42 Å². The number of nitrogens with one attached hydrogen (secondary N) is 1. The van der Waals surface area contributed by atoms with Gasteiger partial charge in [0.05, 0.1) is 5.56 Å². The number of hydrogen-bond donors (Lipinski definition) is 1. The van der Waals surface area contributed by atoms with E-state index in [2.05, 4.69) is 62.8 Å². The predicted molar refractivity (Wildman–Crippen MR) is 88.9 cm³/mol. The van der Waals surface area contributed by atoms with Crippen molar-refractivity contribution in [1.29, 1.82) is 0 Å². The normalized spacial score (nSPS) is 24.2. The standard InChI is InChI=1S/C14H18BrIN2O/c1-9-4-3-5-10(2)18(9)17-14(19)12-8-11(16)6-7-13(12)15/h6-10H,3-5H2,1-2H3,(H,17,19). The molecule has 1 heterocycles. The van der Waals surface area contributed by atoms with Crippen LogP contribution in [0.3, 0.4) is 0 Å². The summed E-state index contributed by atoms with van der Waals surface area (Å²) in [5, 5.41) is 2.10. The van der Waals surface area contributed by atoms with Gasteiger partial charge in [0.25, 0.3) is 5.91 Å². The Bertz CT molecular complexity index is 471. The third-order valence-electron chi connectivity index (χ3n) is 3.60. The summed E-state index contributed by atoms with van der Waals surface area (Å²) in [7, 11) is 0. The van der Waals surface area contributed by atoms with Crippen LogP contribution in [-0.4, -0.2) is 23.0 Å². The minimum absolute atomic E-state index is 0.0361. The molecule has 0 saturated carbocycles. The van der Waals surface area contributed by atoms with Crippen LogP contribution in [0, 0.1) is 3.57 Å². The van der Waals surface area contributed by atoms with Crippen molar-refractivity contribution in [1.82, 2.24) is 10.4 Å². The maximum Gasteiger partial charge on any atom is 0.266 e. The minimum Gasteiger partial charge on any atom is -0.284 e. The second-order valence-electron chi connectivity index (χ2n) is 5.10. The number of hydrazine groups is 1. The SMILES string of the molecule is CC1CCCC(C)N1NC(=O)c1cc(I)ccc1Br. The number of piperidine rings is 1. The first-order valence-corrected chi connectivity index (χ1v) is 8.40. The van der Waals surface area contributed by atoms with Gasteiger partial charge in [0.1, 0.15) is 0 Å². The molecule has 1 saturated heterocycles. The number of amides is 1. The molecule has 0 spiro atoms. The Balaban J connectivity index is 2.14. The Morgan fingerprint density at radius 2 is 2.00 bits per heavy atom. The van der Waals surface area contributed by atoms with Gasteiger partial charge in [-0.3, -0.25) is 10.2 Å². The molecule has 0 aliphatic carbocycles. The van der Waals surface area contributed by atoms with E-state index in [0.29, 0.717) is 17.6 Å². The van der Waals surface area contributed by atoms with Gasteiger partial charge >= 0.3 is 0 Å². The summed E-state index contributed by atoms with van der Waals surface area (Å²) < 4.78 is 1.90. The molecule has 0 bridgehead atoms. The zero-order valence-corrected chi connectivity index (χ0v) is 14.9. The van der Waals surface area contributed by atoms with Gasteiger partial charge in [-0.1, -0.05) is 6.42 Å². The highest BCUT2D eigenvalue weighted by Gasteiger charge is 2.26. The summed E-state index contributed by atoms with van der Waals surface area (Å²) in [6.07, 6.45) is 3.51. The molecule has 1 aliphatic rings. The lowest BCUT2D eigenvalue weighted by Crippen LogP contribution is -2.54. The van der Waals surface area contributed by atoms with Crippen LogP contribution in [0.25, 0.3) is 0 Å². The fourth-order valence-electron chi connectivity index (χ4n) is 2.49. The molecule has 1 aromatic carbocycles. The van der Waals surface area contributed by atoms with Crippen molar-refractivity contribution in [3.8, 4) is 0 Å². The van der Waals surface area contributed by atoms with Gasteiger partial charge in [-0.05, 0) is 83.4 Å². The molecule has 19 heavy (non-hydrogen) atoms. The highest BCUT2D eigenvalue weighted by atomic mass is 127. The number of carbonyl (C=O) groups is 1. The molecule has 1 amide bonds. The van der Waals surface area contributed by atoms with Crippen molar-refractivity contribution in [2.75, 3.05) is 0 Å². The predicted octanol–water partition coefficient (Wildman–Crippen LogP) is 3.96. The topological polar surface area (TPSA) is 32.3 Å². The summed E-state index contributed by atoms with van der Waals surface area (Å²) in [6, 6.07) is 6.59. The van der Waals surface area contributed by atoms with Crippen molar-refractivity contribution in [2.24, 2.45) is 0 Å². The summed E-state index contributed by atoms with van der Waals surface area (Å²) >= 11 is 5.66. The van der Waals surface area contributed by atoms with Crippen molar-refractivity contribution < 1.29 is 4.79 Å². The second kappa shape index (κ2) is 6.54. The molecule has 1 aliphatic heterocycles. The third kappa shape index (κ3) is 3.70. The first-order chi connectivity index (χ1) is 8.99. The molecule has 0 aromatic heterocycles. The Morgan fingerprint density at radius 3 is 2.63 bits per heavy atom. The molecule has 5 heteroatoms. The Morgan fingerprint density at radius 1 is 1.37 bits per heavy atom. The van der Waals surface area contributed by atoms with Crippen LogP contribution in [0.2, 0.25) is 0 Å². The fourth-order valence-corrected chi connectivity index (χ4v) is 3.41. The maximum absolute atomic E-state index is 12.4. The average molecular weight is 437 g/mol. The highest BCUT2D eigenvalue weighted by molar-refractivity contribution is 14.1. The zero-order chi connectivity index (χ0) is 14.0. The van der Waals surface area contributed by atoms with Crippen molar-refractivity contribution in [2.45, 2.75) is 45.2 Å². The van der Waals surface area contributed by atoms with Gasteiger partial charge in [0, 0.05) is 20.1 Å². The first-order valence-electron chi connectivity index (χ1n) is 6.53. The lowest BCUT2D eigenvalue weighted by atomic mass is 10.00. The fraction of sp³-hybridized carbons (Fsp3) is 0.500. The molecule has 2 rings (SSSR count). The molecular formula is C14H18BrIN2O. The summed E-state index contributed by atoms with van der Waals surface area (Å²) in [5.74, 6) is -0.0361. The highest BCUT2D eigenvalue weighted by Crippen LogP contribution is 2.23. The summed E-state index contributed by atoms with van der Waals surface area (Å²) in [6.45, 7) is 4.33. The van der Waals surface area contributed by atoms with Gasteiger partial charge in [-0.2, -0.15) is 0 Å². The third-order valence-corrected chi connectivity index (χ3v) is 4.96. The van der Waals surface area contributed by atoms with Crippen LogP contribution in [0.4, 0.5) is 0 Å². The van der Waals surface area contributed by atoms with E-state index in [-0.39, 0.29) is 5.91 Å². The lowest BCUT2D eigenvalue weighted by molar-refractivity contribution is 0.0369. The van der Waals surface area contributed by atoms with E-state index in [1.54, 1.807) is 0 Å². The molecule has 3 nitrogen and oxygen atoms in total. The number of rotatable bonds is 2. The zero-order valence-electron chi connectivity index (χ0n) is 11.1. The Hall–Kier alpha value is -0.140. The van der Waals surface area contributed by atoms with E-state index in [4.69, 9.17) is 0 Å². The molecule has 1 fully saturated rings. The molecule has 1 N–H and O–H groups in total. The number of carbonyl (C=O) groups excluding carboxylic acids is 1. The smallest absolute Gasteiger partial charge is 0.266 e. The van der Waals surface area contributed by atoms with Gasteiger partial charge in [-0.25, -0.2) is 5.01 Å². The molecule has 2 unspecified atom stereocenters. The number of nitrogens with zero attached hydrogens (tertiary/aromatic N) is 1. The lowest BCUT2D eigenvalue weighted by Gasteiger charge is -2.38. The van der Waals surface area contributed by atoms with Crippen molar-refractivity contribution >= 4 is 44.4 Å². The Labute approximate surface area is 136 Å². The van der Waals surface area contributed by atoms with Crippen LogP contribution in [0.5, 0.6) is 0 Å². The summed E-state index contributed by atoms with van der Waals surface area (Å²) in [5.41, 5.74) is 3.76. The Kier molecular flexibility index (Phi) is 5.25. The van der Waals surface area contributed by atoms with Gasteiger partial charge in [0.2, 0.25) is 0 Å². The van der Waals surface area contributed by atoms with E-state index in [9.17, 15) is 4.79 Å². The second-order valence-corrected chi connectivity index (χ2v) is 7.20. The van der Waals surface area contributed by atoms with Crippen LogP contribution in [0.1, 0.15) is 43.5 Å². The quantitative estimate of drug-likeness (QED) is 0.711. The van der Waals surface area contributed by atoms with Gasteiger partial charge in [-0.15, -0.1) is 0 Å². The van der Waals surface area contributed by atoms with E-state index in [0.717, 1.165) is 20.9 Å². The average Bonchev–Trinajstić information content (AvgIpc) is 2.37. The van der Waals surface area contributed by atoms with E-state index < -0.39 is 0 Å². The molecule has 104 valence electrons. The van der Waals surface area contributed by atoms with Crippen LogP contribution in [0.15, 0.2) is 22.7 Å². The molecule has 2 atom stereocenters. The van der Waals surface area contributed by atoms with Crippen molar-refractivity contribution in [3.05, 3.63) is 31.8 Å². The van der Waals surface area contributed by atoms with Gasteiger partial charge in [0.15, 0.2) is 0 Å². The molecule has 0 radical (unpaired) electrons. The monoisotopic (exact) mass is 436 g/mol. The molecular weight excluding hydrogens is 419 g/mol. The van der Waals surface area contributed by atoms with E-state index in [1.807, 2.05) is 18.2 Å².